The largest absolute Gasteiger partial charge is 0.493 e. The first-order valence-electron chi connectivity index (χ1n) is 7.05. The smallest absolute Gasteiger partial charge is 0.326 e. The summed E-state index contributed by atoms with van der Waals surface area (Å²) in [5.41, 5.74) is 0.217. The van der Waals surface area contributed by atoms with E-state index in [2.05, 4.69) is 12.2 Å². The van der Waals surface area contributed by atoms with E-state index >= 15 is 0 Å². The molecule has 0 saturated carbocycles. The number of methoxy groups -OCH3 is 3. The number of carbonyl (C=O) groups is 1. The second kappa shape index (κ2) is 7.88. The Labute approximate surface area is 126 Å². The van der Waals surface area contributed by atoms with E-state index in [1.807, 2.05) is 25.1 Å². The van der Waals surface area contributed by atoms with Crippen LogP contribution < -0.4 is 14.8 Å². The minimum absolute atomic E-state index is 0.272. The van der Waals surface area contributed by atoms with Gasteiger partial charge < -0.3 is 19.5 Å². The van der Waals surface area contributed by atoms with Crippen molar-refractivity contribution >= 4 is 5.97 Å². The van der Waals surface area contributed by atoms with Crippen LogP contribution in [0.5, 0.6) is 11.5 Å². The monoisotopic (exact) mass is 295 g/mol. The van der Waals surface area contributed by atoms with Gasteiger partial charge in [-0.2, -0.15) is 0 Å². The maximum Gasteiger partial charge on any atom is 0.326 e. The van der Waals surface area contributed by atoms with Gasteiger partial charge in [0.2, 0.25) is 0 Å². The van der Waals surface area contributed by atoms with Gasteiger partial charge in [0.1, 0.15) is 5.54 Å². The van der Waals surface area contributed by atoms with E-state index in [-0.39, 0.29) is 5.97 Å². The number of carbonyl (C=O) groups excluding carboxylic acids is 1. The molecular formula is C16H25NO4. The summed E-state index contributed by atoms with van der Waals surface area (Å²) in [4.78, 5) is 12.1. The number of benzene rings is 1. The van der Waals surface area contributed by atoms with Gasteiger partial charge >= 0.3 is 5.97 Å². The summed E-state index contributed by atoms with van der Waals surface area (Å²) < 4.78 is 15.4. The molecule has 0 aliphatic carbocycles. The Hall–Kier alpha value is -1.75. The zero-order valence-corrected chi connectivity index (χ0v) is 13.5. The molecule has 21 heavy (non-hydrogen) atoms. The topological polar surface area (TPSA) is 56.8 Å². The lowest BCUT2D eigenvalue weighted by atomic mass is 9.92. The third kappa shape index (κ3) is 4.36. The van der Waals surface area contributed by atoms with Crippen molar-refractivity contribution in [3.05, 3.63) is 23.8 Å². The quantitative estimate of drug-likeness (QED) is 0.745. The van der Waals surface area contributed by atoms with Gasteiger partial charge in [-0.3, -0.25) is 4.79 Å². The minimum Gasteiger partial charge on any atom is -0.493 e. The molecule has 0 bridgehead atoms. The number of hydrogen-bond donors (Lipinski definition) is 1. The Balaban J connectivity index is 3.00. The summed E-state index contributed by atoms with van der Waals surface area (Å²) in [6.07, 6.45) is 1.46. The first kappa shape index (κ1) is 17.3. The molecule has 0 aliphatic heterocycles. The number of nitrogens with one attached hydrogen (secondary N) is 1. The number of esters is 1. The van der Waals surface area contributed by atoms with E-state index in [9.17, 15) is 4.79 Å². The third-order valence-corrected chi connectivity index (χ3v) is 3.41. The summed E-state index contributed by atoms with van der Waals surface area (Å²) >= 11 is 0. The van der Waals surface area contributed by atoms with Crippen LogP contribution in [-0.4, -0.2) is 39.4 Å². The normalized spacial score (nSPS) is 13.4. The van der Waals surface area contributed by atoms with Crippen molar-refractivity contribution < 1.29 is 19.0 Å². The van der Waals surface area contributed by atoms with Gasteiger partial charge in [0.05, 0.1) is 21.3 Å². The molecule has 0 aromatic heterocycles. The van der Waals surface area contributed by atoms with E-state index < -0.39 is 5.54 Å². The van der Waals surface area contributed by atoms with E-state index in [1.165, 1.54) is 7.11 Å². The molecule has 1 N–H and O–H groups in total. The van der Waals surface area contributed by atoms with Crippen LogP contribution in [0.2, 0.25) is 0 Å². The van der Waals surface area contributed by atoms with Crippen LogP contribution in [0.3, 0.4) is 0 Å². The molecule has 1 aromatic rings. The lowest BCUT2D eigenvalue weighted by molar-refractivity contribution is -0.147. The minimum atomic E-state index is -0.760. The molecule has 0 spiro atoms. The highest BCUT2D eigenvalue weighted by Crippen LogP contribution is 2.29. The summed E-state index contributed by atoms with van der Waals surface area (Å²) in [6.45, 7) is 4.66. The van der Waals surface area contributed by atoms with Crippen molar-refractivity contribution in [3.63, 3.8) is 0 Å². The summed E-state index contributed by atoms with van der Waals surface area (Å²) in [7, 11) is 4.60. The fourth-order valence-corrected chi connectivity index (χ4v) is 2.23. The van der Waals surface area contributed by atoms with Gasteiger partial charge in [0.25, 0.3) is 0 Å². The first-order valence-corrected chi connectivity index (χ1v) is 7.05. The summed E-state index contributed by atoms with van der Waals surface area (Å²) in [6, 6.07) is 5.65. The predicted molar refractivity (Wildman–Crippen MR) is 82.0 cm³/mol. The summed E-state index contributed by atoms with van der Waals surface area (Å²) in [5, 5.41) is 3.26. The Morgan fingerprint density at radius 3 is 2.38 bits per heavy atom. The van der Waals surface area contributed by atoms with E-state index in [4.69, 9.17) is 14.2 Å². The van der Waals surface area contributed by atoms with Crippen LogP contribution in [0.4, 0.5) is 0 Å². The maximum atomic E-state index is 12.1. The van der Waals surface area contributed by atoms with Gasteiger partial charge in [-0.05, 0) is 37.6 Å². The second-order valence-corrected chi connectivity index (χ2v) is 5.12. The second-order valence-electron chi connectivity index (χ2n) is 5.12. The van der Waals surface area contributed by atoms with Gasteiger partial charge in [0, 0.05) is 6.42 Å². The van der Waals surface area contributed by atoms with Crippen molar-refractivity contribution in [1.29, 1.82) is 0 Å². The van der Waals surface area contributed by atoms with Crippen LogP contribution in [0.15, 0.2) is 18.2 Å². The standard InChI is InChI=1S/C16H25NO4/c1-6-9-17-16(2,15(18)21-5)11-12-7-8-13(19-3)14(10-12)20-4/h7-8,10,17H,6,9,11H2,1-5H3. The molecule has 5 heteroatoms. The van der Waals surface area contributed by atoms with Crippen LogP contribution in [0, 0.1) is 0 Å². The number of ether oxygens (including phenoxy) is 3. The van der Waals surface area contributed by atoms with Crippen LogP contribution in [-0.2, 0) is 16.0 Å². The molecule has 1 rings (SSSR count). The molecule has 0 amide bonds. The van der Waals surface area contributed by atoms with Crippen LogP contribution in [0.1, 0.15) is 25.8 Å². The highest BCUT2D eigenvalue weighted by molar-refractivity contribution is 5.80. The van der Waals surface area contributed by atoms with Crippen molar-refractivity contribution in [1.82, 2.24) is 5.32 Å². The lowest BCUT2D eigenvalue weighted by Gasteiger charge is -2.28. The van der Waals surface area contributed by atoms with E-state index in [1.54, 1.807) is 14.2 Å². The molecule has 0 heterocycles. The van der Waals surface area contributed by atoms with Gasteiger partial charge in [-0.15, -0.1) is 0 Å². The Kier molecular flexibility index (Phi) is 6.49. The highest BCUT2D eigenvalue weighted by Gasteiger charge is 2.34. The Morgan fingerprint density at radius 1 is 1.19 bits per heavy atom. The Morgan fingerprint density at radius 2 is 1.86 bits per heavy atom. The highest BCUT2D eigenvalue weighted by atomic mass is 16.5. The fourth-order valence-electron chi connectivity index (χ4n) is 2.23. The molecule has 1 unspecified atom stereocenters. The van der Waals surface area contributed by atoms with Crippen molar-refractivity contribution in [2.45, 2.75) is 32.2 Å². The van der Waals surface area contributed by atoms with Crippen molar-refractivity contribution in [3.8, 4) is 11.5 Å². The van der Waals surface area contributed by atoms with Crippen LogP contribution in [0.25, 0.3) is 0 Å². The molecule has 0 aliphatic rings. The molecule has 0 radical (unpaired) electrons. The number of hydrogen-bond acceptors (Lipinski definition) is 5. The van der Waals surface area contributed by atoms with E-state index in [0.29, 0.717) is 17.9 Å². The molecule has 5 nitrogen and oxygen atoms in total. The van der Waals surface area contributed by atoms with Crippen molar-refractivity contribution in [2.75, 3.05) is 27.9 Å². The zero-order valence-electron chi connectivity index (χ0n) is 13.5. The molecule has 1 aromatic carbocycles. The lowest BCUT2D eigenvalue weighted by Crippen LogP contribution is -2.52. The fraction of sp³-hybridized carbons (Fsp3) is 0.562. The first-order chi connectivity index (χ1) is 10.0. The summed E-state index contributed by atoms with van der Waals surface area (Å²) in [5.74, 6) is 1.05. The van der Waals surface area contributed by atoms with Gasteiger partial charge in [-0.25, -0.2) is 0 Å². The van der Waals surface area contributed by atoms with Gasteiger partial charge in [0.15, 0.2) is 11.5 Å². The van der Waals surface area contributed by atoms with Gasteiger partial charge in [-0.1, -0.05) is 13.0 Å². The number of rotatable bonds is 8. The third-order valence-electron chi connectivity index (χ3n) is 3.41. The SMILES string of the molecule is CCCNC(C)(Cc1ccc(OC)c(OC)c1)C(=O)OC. The molecule has 0 fully saturated rings. The maximum absolute atomic E-state index is 12.1. The van der Waals surface area contributed by atoms with Crippen LogP contribution >= 0.6 is 0 Å². The average Bonchev–Trinajstić information content (AvgIpc) is 2.51. The Bertz CT molecular complexity index is 475. The zero-order chi connectivity index (χ0) is 15.9. The van der Waals surface area contributed by atoms with Crippen molar-refractivity contribution in [2.24, 2.45) is 0 Å². The molecule has 118 valence electrons. The average molecular weight is 295 g/mol. The molecular weight excluding hydrogens is 270 g/mol. The van der Waals surface area contributed by atoms with E-state index in [0.717, 1.165) is 18.5 Å². The predicted octanol–water partition coefficient (Wildman–Crippen LogP) is 2.18. The molecule has 0 saturated heterocycles. The molecule has 1 atom stereocenters.